The predicted molar refractivity (Wildman–Crippen MR) is 265 cm³/mol. The number of hydrogen-bond acceptors (Lipinski definition) is 4. The third-order valence-corrected chi connectivity index (χ3v) is 12.7. The Morgan fingerprint density at radius 1 is 0.250 bits per heavy atom. The van der Waals surface area contributed by atoms with E-state index in [4.69, 9.17) is 13.3 Å². The first-order valence-electron chi connectivity index (χ1n) is 21.7. The fourth-order valence-electron chi connectivity index (χ4n) is 9.73. The van der Waals surface area contributed by atoms with Crippen LogP contribution < -0.4 is 4.90 Å². The van der Waals surface area contributed by atoms with E-state index in [2.05, 4.69) is 205 Å². The number of benzene rings is 10. The first-order valence-corrected chi connectivity index (χ1v) is 21.7. The van der Waals surface area contributed by atoms with E-state index in [9.17, 15) is 0 Å². The molecule has 13 rings (SSSR count). The molecule has 0 N–H and O–H groups in total. The summed E-state index contributed by atoms with van der Waals surface area (Å²) in [7, 11) is 0. The van der Waals surface area contributed by atoms with Gasteiger partial charge in [-0.15, -0.1) is 0 Å². The lowest BCUT2D eigenvalue weighted by atomic mass is 9.92. The number of nitrogens with zero attached hydrogens (tertiary/aromatic N) is 1. The molecule has 0 amide bonds. The highest BCUT2D eigenvalue weighted by atomic mass is 16.3. The third-order valence-electron chi connectivity index (χ3n) is 12.7. The van der Waals surface area contributed by atoms with Crippen LogP contribution in [0.4, 0.5) is 17.1 Å². The molecule has 3 heterocycles. The van der Waals surface area contributed by atoms with Gasteiger partial charge in [0.15, 0.2) is 0 Å². The Labute approximate surface area is 368 Å². The van der Waals surface area contributed by atoms with Crippen molar-refractivity contribution in [1.82, 2.24) is 0 Å². The van der Waals surface area contributed by atoms with E-state index >= 15 is 0 Å². The molecule has 0 atom stereocenters. The Balaban J connectivity index is 1.04. The van der Waals surface area contributed by atoms with E-state index in [-0.39, 0.29) is 0 Å². The van der Waals surface area contributed by atoms with E-state index in [1.807, 2.05) is 24.3 Å². The van der Waals surface area contributed by atoms with Crippen molar-refractivity contribution in [3.63, 3.8) is 0 Å². The standard InChI is InChI=1S/C60H37NO3/c1-3-14-38(15-4-1)40-26-30-42(31-27-40)61(43-32-28-41(29-33-43)39-16-5-2-6-17-39)52-37-36-48(60-57(52)51-20-9-12-25-55(51)64-60)45-34-35-49(59-56(45)50-19-8-11-24-54(50)63-59)47-22-13-21-46-44-18-7-10-23-53(44)62-58(46)47/h1-37H. The molecular weight excluding hydrogens is 783 g/mol. The predicted octanol–water partition coefficient (Wildman–Crippen LogP) is 17.5. The molecular formula is C60H37NO3. The lowest BCUT2D eigenvalue weighted by Crippen LogP contribution is -2.10. The third kappa shape index (κ3) is 5.70. The smallest absolute Gasteiger partial charge is 0.145 e. The molecule has 0 bridgehead atoms. The van der Waals surface area contributed by atoms with Crippen molar-refractivity contribution in [2.75, 3.05) is 4.90 Å². The van der Waals surface area contributed by atoms with Gasteiger partial charge >= 0.3 is 0 Å². The zero-order valence-corrected chi connectivity index (χ0v) is 34.5. The highest BCUT2D eigenvalue weighted by Crippen LogP contribution is 2.50. The van der Waals surface area contributed by atoms with Crippen molar-refractivity contribution < 1.29 is 13.3 Å². The minimum absolute atomic E-state index is 0.804. The van der Waals surface area contributed by atoms with Gasteiger partial charge in [0.1, 0.15) is 33.5 Å². The molecule has 0 aliphatic heterocycles. The number of anilines is 3. The van der Waals surface area contributed by atoms with Gasteiger partial charge in [-0.05, 0) is 88.5 Å². The first-order chi connectivity index (χ1) is 31.7. The maximum absolute atomic E-state index is 7.03. The van der Waals surface area contributed by atoms with Crippen molar-refractivity contribution in [3.05, 3.63) is 224 Å². The van der Waals surface area contributed by atoms with Crippen molar-refractivity contribution in [3.8, 4) is 44.5 Å². The van der Waals surface area contributed by atoms with Crippen LogP contribution in [0.25, 0.3) is 110 Å². The maximum Gasteiger partial charge on any atom is 0.145 e. The molecule has 0 fully saturated rings. The number of hydrogen-bond donors (Lipinski definition) is 0. The molecule has 0 saturated carbocycles. The van der Waals surface area contributed by atoms with Crippen LogP contribution in [0.1, 0.15) is 0 Å². The van der Waals surface area contributed by atoms with Gasteiger partial charge in [0.2, 0.25) is 0 Å². The van der Waals surface area contributed by atoms with Crippen LogP contribution in [0.3, 0.4) is 0 Å². The van der Waals surface area contributed by atoms with Crippen LogP contribution in [0, 0.1) is 0 Å². The van der Waals surface area contributed by atoms with Crippen molar-refractivity contribution >= 4 is 82.9 Å². The molecule has 3 aromatic heterocycles. The summed E-state index contributed by atoms with van der Waals surface area (Å²) < 4.78 is 20.5. The Bertz CT molecular complexity index is 3790. The van der Waals surface area contributed by atoms with Crippen LogP contribution >= 0.6 is 0 Å². The fraction of sp³-hybridized carbons (Fsp3) is 0. The molecule has 0 saturated heterocycles. The van der Waals surface area contributed by atoms with Crippen LogP contribution in [0.2, 0.25) is 0 Å². The van der Waals surface area contributed by atoms with Crippen LogP contribution in [-0.2, 0) is 0 Å². The average Bonchev–Trinajstić information content (AvgIpc) is 4.08. The molecule has 0 unspecified atom stereocenters. The number of fused-ring (bicyclic) bond motifs is 9. The van der Waals surface area contributed by atoms with Gasteiger partial charge in [0, 0.05) is 55.0 Å². The van der Waals surface area contributed by atoms with Crippen LogP contribution in [-0.4, -0.2) is 0 Å². The topological polar surface area (TPSA) is 42.7 Å². The van der Waals surface area contributed by atoms with E-state index in [0.29, 0.717) is 0 Å². The monoisotopic (exact) mass is 819 g/mol. The van der Waals surface area contributed by atoms with Gasteiger partial charge in [0.25, 0.3) is 0 Å². The summed E-state index contributed by atoms with van der Waals surface area (Å²) in [4.78, 5) is 2.36. The normalized spacial score (nSPS) is 11.8. The summed E-state index contributed by atoms with van der Waals surface area (Å²) in [5.41, 5.74) is 16.7. The van der Waals surface area contributed by atoms with Gasteiger partial charge < -0.3 is 18.2 Å². The fourth-order valence-corrected chi connectivity index (χ4v) is 9.73. The highest BCUT2D eigenvalue weighted by molar-refractivity contribution is 6.23. The molecule has 13 aromatic rings. The minimum Gasteiger partial charge on any atom is -0.455 e. The second-order valence-corrected chi connectivity index (χ2v) is 16.3. The zero-order valence-electron chi connectivity index (χ0n) is 34.5. The summed E-state index contributed by atoms with van der Waals surface area (Å²) in [6.45, 7) is 0. The summed E-state index contributed by atoms with van der Waals surface area (Å²) in [6, 6.07) is 79.0. The molecule has 0 aliphatic carbocycles. The van der Waals surface area contributed by atoms with E-state index < -0.39 is 0 Å². The number of rotatable bonds is 7. The molecule has 0 radical (unpaired) electrons. The Kier molecular flexibility index (Phi) is 8.18. The Hall–Kier alpha value is -8.60. The van der Waals surface area contributed by atoms with Crippen LogP contribution in [0.5, 0.6) is 0 Å². The van der Waals surface area contributed by atoms with E-state index in [0.717, 1.165) is 116 Å². The highest BCUT2D eigenvalue weighted by Gasteiger charge is 2.26. The quantitative estimate of drug-likeness (QED) is 0.161. The van der Waals surface area contributed by atoms with Crippen molar-refractivity contribution in [2.45, 2.75) is 0 Å². The lowest BCUT2D eigenvalue weighted by molar-refractivity contribution is 0.665. The van der Waals surface area contributed by atoms with Gasteiger partial charge in [0.05, 0.1) is 11.1 Å². The van der Waals surface area contributed by atoms with Crippen molar-refractivity contribution in [2.24, 2.45) is 0 Å². The molecule has 4 nitrogen and oxygen atoms in total. The molecule has 64 heavy (non-hydrogen) atoms. The number of para-hydroxylation sites is 4. The van der Waals surface area contributed by atoms with Gasteiger partial charge in [-0.1, -0.05) is 164 Å². The zero-order chi connectivity index (χ0) is 42.1. The molecule has 0 aliphatic rings. The Morgan fingerprint density at radius 3 is 1.27 bits per heavy atom. The molecule has 300 valence electrons. The van der Waals surface area contributed by atoms with E-state index in [1.165, 1.54) is 11.1 Å². The van der Waals surface area contributed by atoms with E-state index in [1.54, 1.807) is 0 Å². The molecule has 0 spiro atoms. The van der Waals surface area contributed by atoms with Gasteiger partial charge in [-0.3, -0.25) is 0 Å². The number of furan rings is 3. The lowest BCUT2D eigenvalue weighted by Gasteiger charge is -2.27. The summed E-state index contributed by atoms with van der Waals surface area (Å²) in [5.74, 6) is 0. The molecule has 4 heteroatoms. The minimum atomic E-state index is 0.804. The molecule has 10 aromatic carbocycles. The summed E-state index contributed by atoms with van der Waals surface area (Å²) in [5, 5.41) is 6.32. The van der Waals surface area contributed by atoms with Crippen LogP contribution in [0.15, 0.2) is 238 Å². The average molecular weight is 820 g/mol. The SMILES string of the molecule is c1ccc(-c2ccc(N(c3ccc(-c4ccccc4)cc3)c3ccc(-c4ccc(-c5cccc6c5oc5ccccc56)c5oc6ccccc6c45)c4oc5ccccc5c34)cc2)cc1. The summed E-state index contributed by atoms with van der Waals surface area (Å²) >= 11 is 0. The first kappa shape index (κ1) is 36.1. The van der Waals surface area contributed by atoms with Gasteiger partial charge in [-0.2, -0.15) is 0 Å². The van der Waals surface area contributed by atoms with Crippen molar-refractivity contribution in [1.29, 1.82) is 0 Å². The second kappa shape index (κ2) is 14.5. The second-order valence-electron chi connectivity index (χ2n) is 16.3. The Morgan fingerprint density at radius 2 is 0.656 bits per heavy atom. The van der Waals surface area contributed by atoms with Gasteiger partial charge in [-0.25, -0.2) is 0 Å². The largest absolute Gasteiger partial charge is 0.455 e. The maximum atomic E-state index is 7.03. The summed E-state index contributed by atoms with van der Waals surface area (Å²) in [6.07, 6.45) is 0.